The minimum atomic E-state index is 0.426. The number of benzene rings is 1. The molecule has 2 rings (SSSR count). The van der Waals surface area contributed by atoms with E-state index < -0.39 is 0 Å². The van der Waals surface area contributed by atoms with Gasteiger partial charge in [-0.1, -0.05) is 30.1 Å². The molecule has 0 aromatic heterocycles. The van der Waals surface area contributed by atoms with Crippen LogP contribution in [0, 0.1) is 5.92 Å². The summed E-state index contributed by atoms with van der Waals surface area (Å²) < 4.78 is 0. The predicted molar refractivity (Wildman–Crippen MR) is 84.4 cm³/mol. The van der Waals surface area contributed by atoms with Crippen molar-refractivity contribution < 1.29 is 0 Å². The highest BCUT2D eigenvalue weighted by Crippen LogP contribution is 2.29. The van der Waals surface area contributed by atoms with E-state index >= 15 is 0 Å². The zero-order valence-electron chi connectivity index (χ0n) is 11.6. The monoisotopic (exact) mass is 300 g/mol. The van der Waals surface area contributed by atoms with E-state index in [1.165, 1.54) is 25.9 Å². The number of hydrogen-bond donors (Lipinski definition) is 1. The molecule has 0 spiro atoms. The van der Waals surface area contributed by atoms with E-state index in [9.17, 15) is 0 Å². The van der Waals surface area contributed by atoms with E-state index in [-0.39, 0.29) is 0 Å². The first kappa shape index (κ1) is 15.0. The fraction of sp³-hybridized carbons (Fsp3) is 0.600. The number of hydrogen-bond acceptors (Lipinski definition) is 2. The van der Waals surface area contributed by atoms with Gasteiger partial charge in [-0.05, 0) is 63.5 Å². The molecule has 1 unspecified atom stereocenters. The minimum Gasteiger partial charge on any atom is -0.381 e. The van der Waals surface area contributed by atoms with Crippen LogP contribution in [0.5, 0.6) is 0 Å². The van der Waals surface area contributed by atoms with E-state index in [1.807, 2.05) is 18.2 Å². The summed E-state index contributed by atoms with van der Waals surface area (Å²) in [5.74, 6) is 0.706. The summed E-state index contributed by atoms with van der Waals surface area (Å²) >= 11 is 12.2. The number of likely N-dealkylation sites (tertiary alicyclic amines) is 1. The molecule has 2 nitrogen and oxygen atoms in total. The van der Waals surface area contributed by atoms with E-state index in [4.69, 9.17) is 23.2 Å². The predicted octanol–water partition coefficient (Wildman–Crippen LogP) is 4.53. The number of nitrogens with zero attached hydrogens (tertiary/aromatic N) is 1. The number of piperidine rings is 1. The molecule has 0 bridgehead atoms. The Morgan fingerprint density at radius 3 is 2.63 bits per heavy atom. The highest BCUT2D eigenvalue weighted by Gasteiger charge is 2.23. The largest absolute Gasteiger partial charge is 0.381 e. The zero-order valence-corrected chi connectivity index (χ0v) is 13.1. The fourth-order valence-electron chi connectivity index (χ4n) is 2.74. The number of anilines is 1. The van der Waals surface area contributed by atoms with E-state index in [2.05, 4.69) is 24.1 Å². The van der Waals surface area contributed by atoms with Crippen LogP contribution < -0.4 is 5.32 Å². The Balaban J connectivity index is 1.94. The van der Waals surface area contributed by atoms with Gasteiger partial charge in [0.15, 0.2) is 0 Å². The molecule has 4 heteroatoms. The van der Waals surface area contributed by atoms with Gasteiger partial charge in [-0.3, -0.25) is 0 Å². The highest BCUT2D eigenvalue weighted by atomic mass is 35.5. The summed E-state index contributed by atoms with van der Waals surface area (Å²) in [6.07, 6.45) is 2.50. The lowest BCUT2D eigenvalue weighted by Crippen LogP contribution is -2.39. The van der Waals surface area contributed by atoms with E-state index in [1.54, 1.807) is 0 Å². The third-order valence-electron chi connectivity index (χ3n) is 4.10. The Morgan fingerprint density at radius 2 is 2.00 bits per heavy atom. The maximum Gasteiger partial charge on any atom is 0.0638 e. The molecule has 1 atom stereocenters. The lowest BCUT2D eigenvalue weighted by atomic mass is 9.90. The summed E-state index contributed by atoms with van der Waals surface area (Å²) in [6, 6.07) is 6.00. The summed E-state index contributed by atoms with van der Waals surface area (Å²) in [7, 11) is 0. The first-order valence-corrected chi connectivity index (χ1v) is 7.79. The Labute approximate surface area is 126 Å². The van der Waals surface area contributed by atoms with Crippen molar-refractivity contribution in [2.75, 3.05) is 25.0 Å². The molecule has 1 aliphatic rings. The molecule has 1 fully saturated rings. The molecule has 106 valence electrons. The molecule has 0 radical (unpaired) electrons. The van der Waals surface area contributed by atoms with Gasteiger partial charge in [-0.2, -0.15) is 0 Å². The summed E-state index contributed by atoms with van der Waals surface area (Å²) in [4.78, 5) is 2.51. The van der Waals surface area contributed by atoms with Gasteiger partial charge in [0.2, 0.25) is 0 Å². The van der Waals surface area contributed by atoms with Crippen LogP contribution in [-0.4, -0.2) is 30.6 Å². The Hall–Kier alpha value is -0.440. The maximum absolute atomic E-state index is 6.20. The quantitative estimate of drug-likeness (QED) is 0.879. The minimum absolute atomic E-state index is 0.426. The van der Waals surface area contributed by atoms with Gasteiger partial charge in [-0.15, -0.1) is 0 Å². The number of nitrogens with one attached hydrogen (secondary N) is 1. The molecule has 0 saturated carbocycles. The Morgan fingerprint density at radius 1 is 1.32 bits per heavy atom. The molecule has 0 aliphatic carbocycles. The van der Waals surface area contributed by atoms with Crippen LogP contribution >= 0.6 is 23.2 Å². The standard InChI is InChI=1S/C15H22Cl2N2/c1-3-19-8-6-12(7-9-19)11(2)18-15-10-13(16)4-5-14(15)17/h4-5,10-12,18H,3,6-9H2,1-2H3. The topological polar surface area (TPSA) is 15.3 Å². The van der Waals surface area contributed by atoms with Gasteiger partial charge in [0.1, 0.15) is 0 Å². The van der Waals surface area contributed by atoms with Crippen LogP contribution in [0.15, 0.2) is 18.2 Å². The van der Waals surface area contributed by atoms with Crippen LogP contribution in [0.25, 0.3) is 0 Å². The van der Waals surface area contributed by atoms with Crippen LogP contribution in [0.3, 0.4) is 0 Å². The van der Waals surface area contributed by atoms with Gasteiger partial charge < -0.3 is 10.2 Å². The van der Waals surface area contributed by atoms with Crippen molar-refractivity contribution >= 4 is 28.9 Å². The van der Waals surface area contributed by atoms with Gasteiger partial charge in [-0.25, -0.2) is 0 Å². The third kappa shape index (κ3) is 4.01. The van der Waals surface area contributed by atoms with Crippen LogP contribution in [0.2, 0.25) is 10.0 Å². The smallest absolute Gasteiger partial charge is 0.0638 e. The van der Waals surface area contributed by atoms with Crippen LogP contribution in [0.1, 0.15) is 26.7 Å². The lowest BCUT2D eigenvalue weighted by molar-refractivity contribution is 0.183. The van der Waals surface area contributed by atoms with E-state index in [0.717, 1.165) is 22.3 Å². The normalized spacial score (nSPS) is 19.4. The first-order chi connectivity index (χ1) is 9.10. The second-order valence-electron chi connectivity index (χ2n) is 5.33. The summed E-state index contributed by atoms with van der Waals surface area (Å²) in [5, 5.41) is 4.98. The molecular weight excluding hydrogens is 279 g/mol. The molecule has 1 aromatic carbocycles. The van der Waals surface area contributed by atoms with Gasteiger partial charge in [0, 0.05) is 11.1 Å². The summed E-state index contributed by atoms with van der Waals surface area (Å²) in [5.41, 5.74) is 0.944. The van der Waals surface area contributed by atoms with Gasteiger partial charge in [0.05, 0.1) is 10.7 Å². The Bertz CT molecular complexity index is 415. The molecule has 1 aliphatic heterocycles. The average Bonchev–Trinajstić information content (AvgIpc) is 2.43. The van der Waals surface area contributed by atoms with E-state index in [0.29, 0.717) is 12.0 Å². The van der Waals surface area contributed by atoms with Crippen molar-refractivity contribution in [1.82, 2.24) is 4.90 Å². The highest BCUT2D eigenvalue weighted by molar-refractivity contribution is 6.35. The molecular formula is C15H22Cl2N2. The molecule has 1 heterocycles. The van der Waals surface area contributed by atoms with Gasteiger partial charge in [0.25, 0.3) is 0 Å². The number of rotatable bonds is 4. The molecule has 0 amide bonds. The fourth-order valence-corrected chi connectivity index (χ4v) is 3.08. The first-order valence-electron chi connectivity index (χ1n) is 7.04. The van der Waals surface area contributed by atoms with Gasteiger partial charge >= 0.3 is 0 Å². The SMILES string of the molecule is CCN1CCC(C(C)Nc2cc(Cl)ccc2Cl)CC1. The second kappa shape index (κ2) is 6.83. The van der Waals surface area contributed by atoms with Crippen LogP contribution in [0.4, 0.5) is 5.69 Å². The molecule has 1 N–H and O–H groups in total. The van der Waals surface area contributed by atoms with Crippen molar-refractivity contribution in [3.05, 3.63) is 28.2 Å². The second-order valence-corrected chi connectivity index (χ2v) is 6.17. The third-order valence-corrected chi connectivity index (χ3v) is 4.66. The molecule has 1 saturated heterocycles. The molecule has 19 heavy (non-hydrogen) atoms. The van der Waals surface area contributed by atoms with Crippen molar-refractivity contribution in [2.45, 2.75) is 32.7 Å². The number of halogens is 2. The van der Waals surface area contributed by atoms with Crippen molar-refractivity contribution in [1.29, 1.82) is 0 Å². The van der Waals surface area contributed by atoms with Crippen molar-refractivity contribution in [3.63, 3.8) is 0 Å². The average molecular weight is 301 g/mol. The maximum atomic E-state index is 6.20. The van der Waals surface area contributed by atoms with Crippen molar-refractivity contribution in [2.24, 2.45) is 5.92 Å². The van der Waals surface area contributed by atoms with Crippen molar-refractivity contribution in [3.8, 4) is 0 Å². The molecule has 1 aromatic rings. The lowest BCUT2D eigenvalue weighted by Gasteiger charge is -2.35. The summed E-state index contributed by atoms with van der Waals surface area (Å²) in [6.45, 7) is 8.04. The Kier molecular flexibility index (Phi) is 5.37. The zero-order chi connectivity index (χ0) is 13.8. The van der Waals surface area contributed by atoms with Crippen LogP contribution in [-0.2, 0) is 0 Å².